The molecule has 0 aliphatic carbocycles. The molecule has 1 saturated heterocycles. The van der Waals surface area contributed by atoms with Crippen molar-refractivity contribution in [3.05, 3.63) is 34.9 Å². The van der Waals surface area contributed by atoms with Gasteiger partial charge in [0.2, 0.25) is 11.8 Å². The van der Waals surface area contributed by atoms with Gasteiger partial charge in [-0.2, -0.15) is 0 Å². The summed E-state index contributed by atoms with van der Waals surface area (Å²) < 4.78 is 0. The average molecular weight is 380 g/mol. The van der Waals surface area contributed by atoms with Crippen LogP contribution in [0.1, 0.15) is 43.5 Å². The Morgan fingerprint density at radius 3 is 2.58 bits per heavy atom. The van der Waals surface area contributed by atoms with E-state index in [1.54, 1.807) is 29.2 Å². The summed E-state index contributed by atoms with van der Waals surface area (Å²) in [7, 11) is 0. The van der Waals surface area contributed by atoms with Crippen molar-refractivity contribution >= 4 is 29.3 Å². The molecule has 3 amide bonds. The minimum atomic E-state index is -0.227. The van der Waals surface area contributed by atoms with E-state index >= 15 is 0 Å². The van der Waals surface area contributed by atoms with Crippen molar-refractivity contribution in [2.24, 2.45) is 5.92 Å². The molecule has 2 N–H and O–H groups in total. The average Bonchev–Trinajstić information content (AvgIpc) is 2.62. The maximum atomic E-state index is 12.4. The zero-order valence-electron chi connectivity index (χ0n) is 15.3. The molecule has 1 aromatic carbocycles. The summed E-state index contributed by atoms with van der Waals surface area (Å²) >= 11 is 5.80. The van der Waals surface area contributed by atoms with Crippen LogP contribution in [-0.4, -0.2) is 48.3 Å². The van der Waals surface area contributed by atoms with E-state index < -0.39 is 0 Å². The van der Waals surface area contributed by atoms with Crippen LogP contribution in [0.3, 0.4) is 0 Å². The zero-order chi connectivity index (χ0) is 19.1. The molecule has 7 heteroatoms. The number of hydrogen-bond donors (Lipinski definition) is 2. The van der Waals surface area contributed by atoms with Gasteiger partial charge < -0.3 is 15.5 Å². The number of nitrogens with zero attached hydrogens (tertiary/aromatic N) is 1. The van der Waals surface area contributed by atoms with Gasteiger partial charge in [-0.15, -0.1) is 0 Å². The third kappa shape index (κ3) is 6.02. The van der Waals surface area contributed by atoms with E-state index in [1.807, 2.05) is 13.8 Å². The molecule has 142 valence electrons. The number of benzene rings is 1. The molecular formula is C19H26ClN3O3. The number of amides is 3. The highest BCUT2D eigenvalue weighted by atomic mass is 35.5. The first-order valence-electron chi connectivity index (χ1n) is 8.98. The number of carbonyl (C=O) groups excluding carboxylic acids is 3. The Labute approximate surface area is 159 Å². The SMILES string of the molecule is CC(C)C(=O)NC1CCCN(C(=O)CCNC(=O)c2ccc(Cl)cc2)C1. The second kappa shape index (κ2) is 9.57. The second-order valence-corrected chi connectivity index (χ2v) is 7.29. The summed E-state index contributed by atoms with van der Waals surface area (Å²) in [5, 5.41) is 6.31. The van der Waals surface area contributed by atoms with Crippen molar-refractivity contribution in [2.75, 3.05) is 19.6 Å². The van der Waals surface area contributed by atoms with Gasteiger partial charge >= 0.3 is 0 Å². The standard InChI is InChI=1S/C19H26ClN3O3/c1-13(2)18(25)22-16-4-3-11-23(12-16)17(24)9-10-21-19(26)14-5-7-15(20)8-6-14/h5-8,13,16H,3-4,9-12H2,1-2H3,(H,21,26)(H,22,25). The fraction of sp³-hybridized carbons (Fsp3) is 0.526. The normalized spacial score (nSPS) is 17.1. The van der Waals surface area contributed by atoms with Crippen LogP contribution in [0, 0.1) is 5.92 Å². The van der Waals surface area contributed by atoms with Gasteiger partial charge in [0.15, 0.2) is 0 Å². The van der Waals surface area contributed by atoms with Gasteiger partial charge in [-0.3, -0.25) is 14.4 Å². The van der Waals surface area contributed by atoms with Gasteiger partial charge in [-0.1, -0.05) is 25.4 Å². The molecule has 6 nitrogen and oxygen atoms in total. The van der Waals surface area contributed by atoms with Crippen LogP contribution in [0.25, 0.3) is 0 Å². The predicted octanol–water partition coefficient (Wildman–Crippen LogP) is 2.22. The quantitative estimate of drug-likeness (QED) is 0.795. The molecule has 1 heterocycles. The Hall–Kier alpha value is -2.08. The van der Waals surface area contributed by atoms with E-state index in [9.17, 15) is 14.4 Å². The Morgan fingerprint density at radius 1 is 1.23 bits per heavy atom. The molecule has 26 heavy (non-hydrogen) atoms. The Balaban J connectivity index is 1.75. The minimum absolute atomic E-state index is 0.00579. The molecule has 0 saturated carbocycles. The molecule has 1 aromatic rings. The van der Waals surface area contributed by atoms with Crippen LogP contribution in [0.15, 0.2) is 24.3 Å². The third-order valence-electron chi connectivity index (χ3n) is 4.38. The molecule has 0 radical (unpaired) electrons. The summed E-state index contributed by atoms with van der Waals surface area (Å²) in [6.07, 6.45) is 1.99. The zero-order valence-corrected chi connectivity index (χ0v) is 16.0. The maximum absolute atomic E-state index is 12.4. The molecule has 1 fully saturated rings. The molecule has 2 rings (SSSR count). The number of nitrogens with one attached hydrogen (secondary N) is 2. The summed E-state index contributed by atoms with van der Waals surface area (Å²) in [5.41, 5.74) is 0.510. The van der Waals surface area contributed by atoms with Crippen molar-refractivity contribution in [3.8, 4) is 0 Å². The maximum Gasteiger partial charge on any atom is 0.251 e. The van der Waals surface area contributed by atoms with Crippen molar-refractivity contribution in [1.29, 1.82) is 0 Å². The molecule has 1 aliphatic rings. The fourth-order valence-electron chi connectivity index (χ4n) is 2.83. The summed E-state index contributed by atoms with van der Waals surface area (Å²) in [6, 6.07) is 6.60. The summed E-state index contributed by atoms with van der Waals surface area (Å²) in [5.74, 6) is -0.288. The van der Waals surface area contributed by atoms with Crippen molar-refractivity contribution < 1.29 is 14.4 Å². The number of piperidine rings is 1. The Kier molecular flexibility index (Phi) is 7.45. The number of likely N-dealkylation sites (tertiary alicyclic amines) is 1. The van der Waals surface area contributed by atoms with Crippen LogP contribution in [0.4, 0.5) is 0 Å². The van der Waals surface area contributed by atoms with E-state index in [0.29, 0.717) is 23.7 Å². The van der Waals surface area contributed by atoms with E-state index in [2.05, 4.69) is 10.6 Å². The highest BCUT2D eigenvalue weighted by Gasteiger charge is 2.25. The molecular weight excluding hydrogens is 354 g/mol. The molecule has 1 atom stereocenters. The van der Waals surface area contributed by atoms with Crippen LogP contribution < -0.4 is 10.6 Å². The highest BCUT2D eigenvalue weighted by Crippen LogP contribution is 2.12. The lowest BCUT2D eigenvalue weighted by molar-refractivity contribution is -0.133. The molecule has 0 spiro atoms. The lowest BCUT2D eigenvalue weighted by Gasteiger charge is -2.33. The van der Waals surface area contributed by atoms with Crippen molar-refractivity contribution in [3.63, 3.8) is 0 Å². The second-order valence-electron chi connectivity index (χ2n) is 6.85. The van der Waals surface area contributed by atoms with Crippen LogP contribution >= 0.6 is 11.6 Å². The van der Waals surface area contributed by atoms with E-state index in [4.69, 9.17) is 11.6 Å². The number of hydrogen-bond acceptors (Lipinski definition) is 3. The highest BCUT2D eigenvalue weighted by molar-refractivity contribution is 6.30. The van der Waals surface area contributed by atoms with Gasteiger partial charge in [-0.25, -0.2) is 0 Å². The lowest BCUT2D eigenvalue weighted by atomic mass is 10.0. The predicted molar refractivity (Wildman–Crippen MR) is 101 cm³/mol. The largest absolute Gasteiger partial charge is 0.352 e. The minimum Gasteiger partial charge on any atom is -0.352 e. The van der Waals surface area contributed by atoms with Crippen LogP contribution in [0.5, 0.6) is 0 Å². The number of halogens is 1. The molecule has 1 unspecified atom stereocenters. The van der Waals surface area contributed by atoms with Crippen molar-refractivity contribution in [1.82, 2.24) is 15.5 Å². The van der Waals surface area contributed by atoms with Crippen molar-refractivity contribution in [2.45, 2.75) is 39.2 Å². The monoisotopic (exact) mass is 379 g/mol. The topological polar surface area (TPSA) is 78.5 Å². The van der Waals surface area contributed by atoms with E-state index in [-0.39, 0.29) is 42.6 Å². The summed E-state index contributed by atoms with van der Waals surface area (Å²) in [6.45, 7) is 5.20. The van der Waals surface area contributed by atoms with Gasteiger partial charge in [0.05, 0.1) is 0 Å². The van der Waals surface area contributed by atoms with Crippen LogP contribution in [0.2, 0.25) is 5.02 Å². The molecule has 0 bridgehead atoms. The van der Waals surface area contributed by atoms with Gasteiger partial charge in [-0.05, 0) is 37.1 Å². The lowest BCUT2D eigenvalue weighted by Crippen LogP contribution is -2.50. The van der Waals surface area contributed by atoms with Gasteiger partial charge in [0, 0.05) is 48.6 Å². The van der Waals surface area contributed by atoms with E-state index in [0.717, 1.165) is 12.8 Å². The smallest absolute Gasteiger partial charge is 0.251 e. The third-order valence-corrected chi connectivity index (χ3v) is 4.63. The first-order chi connectivity index (χ1) is 12.4. The summed E-state index contributed by atoms with van der Waals surface area (Å²) in [4.78, 5) is 38.0. The number of carbonyl (C=O) groups is 3. The number of rotatable bonds is 6. The van der Waals surface area contributed by atoms with Gasteiger partial charge in [0.25, 0.3) is 5.91 Å². The Morgan fingerprint density at radius 2 is 1.92 bits per heavy atom. The van der Waals surface area contributed by atoms with Crippen LogP contribution in [-0.2, 0) is 9.59 Å². The first kappa shape index (κ1) is 20.2. The molecule has 1 aliphatic heterocycles. The van der Waals surface area contributed by atoms with E-state index in [1.165, 1.54) is 0 Å². The Bertz CT molecular complexity index is 646. The fourth-order valence-corrected chi connectivity index (χ4v) is 2.96. The molecule has 0 aromatic heterocycles. The first-order valence-corrected chi connectivity index (χ1v) is 9.36. The van der Waals surface area contributed by atoms with Gasteiger partial charge in [0.1, 0.15) is 0 Å².